The third kappa shape index (κ3) is 6.02. The summed E-state index contributed by atoms with van der Waals surface area (Å²) in [6.07, 6.45) is 1.59. The number of benzene rings is 2. The zero-order valence-corrected chi connectivity index (χ0v) is 17.2. The SMILES string of the molecule is COc1ccccc1N(CCCC(=O)Nc1ccc(Cl)c(Cl)c1)S(C)(=O)=O. The standard InChI is InChI=1S/C18H20Cl2N2O4S/c1-26-17-7-4-3-6-16(17)22(27(2,24)25)11-5-8-18(23)21-13-9-10-14(19)15(20)12-13/h3-4,6-7,9-10,12H,5,8,11H2,1-2H3,(H,21,23). The summed E-state index contributed by atoms with van der Waals surface area (Å²) in [5.41, 5.74) is 0.964. The first-order chi connectivity index (χ1) is 12.7. The summed E-state index contributed by atoms with van der Waals surface area (Å²) in [6, 6.07) is 11.6. The van der Waals surface area contributed by atoms with Gasteiger partial charge in [0.2, 0.25) is 15.9 Å². The number of nitrogens with one attached hydrogen (secondary N) is 1. The van der Waals surface area contributed by atoms with E-state index in [1.807, 2.05) is 0 Å². The number of methoxy groups -OCH3 is 1. The normalized spacial score (nSPS) is 11.1. The largest absolute Gasteiger partial charge is 0.495 e. The topological polar surface area (TPSA) is 75.7 Å². The molecule has 0 unspecified atom stereocenters. The molecule has 6 nitrogen and oxygen atoms in total. The molecule has 0 atom stereocenters. The molecule has 2 aromatic rings. The lowest BCUT2D eigenvalue weighted by molar-refractivity contribution is -0.116. The van der Waals surface area contributed by atoms with Gasteiger partial charge in [0.1, 0.15) is 5.75 Å². The number of carbonyl (C=O) groups excluding carboxylic acids is 1. The molecule has 0 aliphatic heterocycles. The fourth-order valence-corrected chi connectivity index (χ4v) is 3.75. The fourth-order valence-electron chi connectivity index (χ4n) is 2.48. The molecule has 1 amide bonds. The Hall–Kier alpha value is -1.96. The molecule has 2 rings (SSSR count). The molecule has 9 heteroatoms. The molecule has 0 aliphatic rings. The quantitative estimate of drug-likeness (QED) is 0.680. The van der Waals surface area contributed by atoms with E-state index in [1.165, 1.54) is 11.4 Å². The molecule has 2 aromatic carbocycles. The first kappa shape index (κ1) is 21.3. The van der Waals surface area contributed by atoms with E-state index >= 15 is 0 Å². The second-order valence-electron chi connectivity index (χ2n) is 5.79. The van der Waals surface area contributed by atoms with Crippen LogP contribution in [0.25, 0.3) is 0 Å². The number of sulfonamides is 1. The number of anilines is 2. The van der Waals surface area contributed by atoms with E-state index < -0.39 is 10.0 Å². The van der Waals surface area contributed by atoms with E-state index in [-0.39, 0.29) is 18.9 Å². The number of halogens is 2. The van der Waals surface area contributed by atoms with Crippen molar-refractivity contribution in [3.63, 3.8) is 0 Å². The number of nitrogens with zero attached hydrogens (tertiary/aromatic N) is 1. The Morgan fingerprint density at radius 2 is 1.85 bits per heavy atom. The Morgan fingerprint density at radius 3 is 2.48 bits per heavy atom. The lowest BCUT2D eigenvalue weighted by Crippen LogP contribution is -2.31. The van der Waals surface area contributed by atoms with Gasteiger partial charge in [-0.3, -0.25) is 9.10 Å². The highest BCUT2D eigenvalue weighted by Gasteiger charge is 2.20. The van der Waals surface area contributed by atoms with Crippen molar-refractivity contribution in [2.24, 2.45) is 0 Å². The highest BCUT2D eigenvalue weighted by Crippen LogP contribution is 2.30. The fraction of sp³-hybridized carbons (Fsp3) is 0.278. The van der Waals surface area contributed by atoms with E-state index in [0.29, 0.717) is 33.6 Å². The molecule has 0 radical (unpaired) electrons. The maximum atomic E-state index is 12.2. The molecule has 0 fully saturated rings. The van der Waals surface area contributed by atoms with Crippen LogP contribution in [0.5, 0.6) is 5.75 Å². The summed E-state index contributed by atoms with van der Waals surface area (Å²) in [7, 11) is -2.05. The van der Waals surface area contributed by atoms with Crippen molar-refractivity contribution in [3.8, 4) is 5.75 Å². The van der Waals surface area contributed by atoms with Gasteiger partial charge in [-0.2, -0.15) is 0 Å². The lowest BCUT2D eigenvalue weighted by atomic mass is 10.2. The monoisotopic (exact) mass is 430 g/mol. The molecular formula is C18H20Cl2N2O4S. The minimum Gasteiger partial charge on any atom is -0.495 e. The van der Waals surface area contributed by atoms with Crippen molar-refractivity contribution in [1.29, 1.82) is 0 Å². The van der Waals surface area contributed by atoms with E-state index in [1.54, 1.807) is 42.5 Å². The predicted octanol–water partition coefficient (Wildman–Crippen LogP) is 4.19. The van der Waals surface area contributed by atoms with Gasteiger partial charge in [-0.15, -0.1) is 0 Å². The van der Waals surface area contributed by atoms with Gasteiger partial charge in [-0.05, 0) is 36.8 Å². The van der Waals surface area contributed by atoms with Crippen molar-refractivity contribution in [2.45, 2.75) is 12.8 Å². The van der Waals surface area contributed by atoms with Crippen LogP contribution in [0.4, 0.5) is 11.4 Å². The minimum atomic E-state index is -3.53. The van der Waals surface area contributed by atoms with E-state index in [0.717, 1.165) is 6.26 Å². The van der Waals surface area contributed by atoms with Crippen LogP contribution >= 0.6 is 23.2 Å². The van der Waals surface area contributed by atoms with Gasteiger partial charge >= 0.3 is 0 Å². The molecule has 0 saturated carbocycles. The van der Waals surface area contributed by atoms with Crippen molar-refractivity contribution in [2.75, 3.05) is 29.5 Å². The molecule has 0 aromatic heterocycles. The molecule has 146 valence electrons. The molecule has 0 spiro atoms. The van der Waals surface area contributed by atoms with Gasteiger partial charge < -0.3 is 10.1 Å². The Balaban J connectivity index is 2.01. The summed E-state index contributed by atoms with van der Waals surface area (Å²) in [4.78, 5) is 12.1. The van der Waals surface area contributed by atoms with Crippen LogP contribution < -0.4 is 14.4 Å². The van der Waals surface area contributed by atoms with Crippen LogP contribution in [0.15, 0.2) is 42.5 Å². The Kier molecular flexibility index (Phi) is 7.35. The molecule has 0 heterocycles. The van der Waals surface area contributed by atoms with Crippen molar-refractivity contribution < 1.29 is 17.9 Å². The number of hydrogen-bond donors (Lipinski definition) is 1. The maximum Gasteiger partial charge on any atom is 0.232 e. The summed E-state index contributed by atoms with van der Waals surface area (Å²) in [6.45, 7) is 0.147. The van der Waals surface area contributed by atoms with Gasteiger partial charge in [-0.25, -0.2) is 8.42 Å². The van der Waals surface area contributed by atoms with Crippen molar-refractivity contribution in [1.82, 2.24) is 0 Å². The number of hydrogen-bond acceptors (Lipinski definition) is 4. The summed E-state index contributed by atoms with van der Waals surface area (Å²) >= 11 is 11.8. The Bertz CT molecular complexity index is 919. The van der Waals surface area contributed by atoms with Crippen LogP contribution in [-0.4, -0.2) is 34.2 Å². The van der Waals surface area contributed by atoms with Gasteiger partial charge in [0.25, 0.3) is 0 Å². The first-order valence-corrected chi connectivity index (χ1v) is 10.7. The average Bonchev–Trinajstić information content (AvgIpc) is 2.61. The van der Waals surface area contributed by atoms with Crippen LogP contribution in [0.1, 0.15) is 12.8 Å². The summed E-state index contributed by atoms with van der Waals surface area (Å²) < 4.78 is 30.8. The van der Waals surface area contributed by atoms with E-state index in [4.69, 9.17) is 27.9 Å². The molecule has 27 heavy (non-hydrogen) atoms. The van der Waals surface area contributed by atoms with E-state index in [9.17, 15) is 13.2 Å². The van der Waals surface area contributed by atoms with Crippen molar-refractivity contribution >= 4 is 50.5 Å². The van der Waals surface area contributed by atoms with Crippen LogP contribution in [0.3, 0.4) is 0 Å². The maximum absolute atomic E-state index is 12.2. The second-order valence-corrected chi connectivity index (χ2v) is 8.51. The van der Waals surface area contributed by atoms with Gasteiger partial charge in [0, 0.05) is 18.7 Å². The third-order valence-corrected chi connectivity index (χ3v) is 5.64. The van der Waals surface area contributed by atoms with Gasteiger partial charge in [0.15, 0.2) is 0 Å². The number of carbonyl (C=O) groups is 1. The van der Waals surface area contributed by atoms with Crippen LogP contribution in [-0.2, 0) is 14.8 Å². The Morgan fingerprint density at radius 1 is 1.15 bits per heavy atom. The Labute approximate surface area is 169 Å². The zero-order valence-electron chi connectivity index (χ0n) is 14.9. The molecular weight excluding hydrogens is 411 g/mol. The number of rotatable bonds is 8. The first-order valence-electron chi connectivity index (χ1n) is 8.08. The summed E-state index contributed by atoms with van der Waals surface area (Å²) in [5, 5.41) is 3.45. The predicted molar refractivity (Wildman–Crippen MR) is 110 cm³/mol. The van der Waals surface area contributed by atoms with Crippen molar-refractivity contribution in [3.05, 3.63) is 52.5 Å². The smallest absolute Gasteiger partial charge is 0.232 e. The molecule has 0 aliphatic carbocycles. The van der Waals surface area contributed by atoms with Gasteiger partial charge in [0.05, 0.1) is 29.1 Å². The zero-order chi connectivity index (χ0) is 20.0. The average molecular weight is 431 g/mol. The third-order valence-electron chi connectivity index (χ3n) is 3.72. The molecule has 0 bridgehead atoms. The van der Waals surface area contributed by atoms with Crippen LogP contribution in [0.2, 0.25) is 10.0 Å². The molecule has 1 N–H and O–H groups in total. The highest BCUT2D eigenvalue weighted by atomic mass is 35.5. The molecule has 0 saturated heterocycles. The minimum absolute atomic E-state index is 0.140. The summed E-state index contributed by atoms with van der Waals surface area (Å²) in [5.74, 6) is 0.199. The lowest BCUT2D eigenvalue weighted by Gasteiger charge is -2.24. The number of ether oxygens (including phenoxy) is 1. The van der Waals surface area contributed by atoms with E-state index in [2.05, 4.69) is 5.32 Å². The number of para-hydroxylation sites is 2. The van der Waals surface area contributed by atoms with Gasteiger partial charge in [-0.1, -0.05) is 35.3 Å². The highest BCUT2D eigenvalue weighted by molar-refractivity contribution is 7.92. The second kappa shape index (κ2) is 9.30. The number of amides is 1. The van der Waals surface area contributed by atoms with Crippen LogP contribution in [0, 0.1) is 0 Å².